The summed E-state index contributed by atoms with van der Waals surface area (Å²) >= 11 is 5.94. The average Bonchev–Trinajstić information content (AvgIpc) is 2.78. The van der Waals surface area contributed by atoms with Gasteiger partial charge in [-0.15, -0.1) is 0 Å². The van der Waals surface area contributed by atoms with Gasteiger partial charge in [-0.2, -0.15) is 0 Å². The maximum absolute atomic E-state index is 13.7. The number of carbonyl (C=O) groups excluding carboxylic acids is 2. The molecule has 0 saturated carbocycles. The molecule has 0 aliphatic rings. The van der Waals surface area contributed by atoms with Crippen molar-refractivity contribution in [1.82, 2.24) is 5.32 Å². The minimum Gasteiger partial charge on any atom is -0.391 e. The fourth-order valence-electron chi connectivity index (χ4n) is 3.02. The zero-order valence-corrected chi connectivity index (χ0v) is 19.2. The van der Waals surface area contributed by atoms with Gasteiger partial charge in [0.2, 0.25) is 0 Å². The predicted molar refractivity (Wildman–Crippen MR) is 127 cm³/mol. The third kappa shape index (κ3) is 6.62. The third-order valence-electron chi connectivity index (χ3n) is 4.71. The summed E-state index contributed by atoms with van der Waals surface area (Å²) < 4.78 is 27.3. The Balaban J connectivity index is 1.56. The maximum atomic E-state index is 13.7. The molecule has 9 heteroatoms. The van der Waals surface area contributed by atoms with Crippen LogP contribution in [0.3, 0.4) is 0 Å². The van der Waals surface area contributed by atoms with E-state index in [1.807, 2.05) is 31.3 Å². The number of rotatable bonds is 7. The molecule has 0 bridgehead atoms. The number of nitrogens with one attached hydrogen (secondary N) is 2. The molecule has 0 heterocycles. The SMILES string of the molecule is CC(C)C(=NOCc1ccc(NC(=O)NC(=O)c2c(F)cccc2F)cc1)c1ccc(Cl)cc1. The first kappa shape index (κ1) is 24.9. The Kier molecular flexibility index (Phi) is 8.32. The summed E-state index contributed by atoms with van der Waals surface area (Å²) in [6.07, 6.45) is 0. The van der Waals surface area contributed by atoms with Gasteiger partial charge in [-0.05, 0) is 53.4 Å². The number of imide groups is 1. The molecule has 2 N–H and O–H groups in total. The van der Waals surface area contributed by atoms with Crippen molar-refractivity contribution < 1.29 is 23.2 Å². The molecule has 34 heavy (non-hydrogen) atoms. The summed E-state index contributed by atoms with van der Waals surface area (Å²) in [7, 11) is 0. The lowest BCUT2D eigenvalue weighted by Crippen LogP contribution is -2.35. The highest BCUT2D eigenvalue weighted by Gasteiger charge is 2.19. The Bertz CT molecular complexity index is 1180. The zero-order chi connectivity index (χ0) is 24.7. The van der Waals surface area contributed by atoms with Crippen molar-refractivity contribution >= 4 is 34.9 Å². The van der Waals surface area contributed by atoms with Gasteiger partial charge in [0, 0.05) is 10.7 Å². The molecule has 0 unspecified atom stereocenters. The molecular weight excluding hydrogens is 464 g/mol. The fourth-order valence-corrected chi connectivity index (χ4v) is 3.14. The second-order valence-corrected chi connectivity index (χ2v) is 8.05. The number of urea groups is 1. The topological polar surface area (TPSA) is 79.8 Å². The van der Waals surface area contributed by atoms with Crippen molar-refractivity contribution in [2.24, 2.45) is 11.1 Å². The number of halogens is 3. The van der Waals surface area contributed by atoms with Gasteiger partial charge in [0.1, 0.15) is 23.8 Å². The van der Waals surface area contributed by atoms with Gasteiger partial charge in [0.25, 0.3) is 5.91 Å². The van der Waals surface area contributed by atoms with E-state index in [1.165, 1.54) is 0 Å². The van der Waals surface area contributed by atoms with E-state index in [4.69, 9.17) is 16.4 Å². The number of benzene rings is 3. The number of amides is 3. The number of nitrogens with zero attached hydrogens (tertiary/aromatic N) is 1. The van der Waals surface area contributed by atoms with E-state index in [-0.39, 0.29) is 12.5 Å². The first-order chi connectivity index (χ1) is 16.2. The Labute approximate surface area is 200 Å². The van der Waals surface area contributed by atoms with Gasteiger partial charge < -0.3 is 10.2 Å². The van der Waals surface area contributed by atoms with Gasteiger partial charge >= 0.3 is 6.03 Å². The quantitative estimate of drug-likeness (QED) is 0.311. The Hall–Kier alpha value is -3.78. The summed E-state index contributed by atoms with van der Waals surface area (Å²) in [5, 5.41) is 9.22. The molecule has 0 spiro atoms. The molecule has 6 nitrogen and oxygen atoms in total. The molecule has 3 amide bonds. The standard InChI is InChI=1S/C25H22ClF2N3O3/c1-15(2)23(17-8-10-18(26)11-9-17)31-34-14-16-6-12-19(13-7-16)29-25(33)30-24(32)22-20(27)4-3-5-21(22)28/h3-13,15H,14H2,1-2H3,(H2,29,30,32,33). The number of oxime groups is 1. The van der Waals surface area contributed by atoms with Crippen LogP contribution in [0.25, 0.3) is 0 Å². The van der Waals surface area contributed by atoms with Crippen LogP contribution in [-0.4, -0.2) is 17.6 Å². The first-order valence-electron chi connectivity index (χ1n) is 10.4. The van der Waals surface area contributed by atoms with Gasteiger partial charge in [-0.3, -0.25) is 10.1 Å². The molecule has 0 aromatic heterocycles. The van der Waals surface area contributed by atoms with Crippen molar-refractivity contribution in [3.63, 3.8) is 0 Å². The minimum atomic E-state index is -1.18. The molecule has 176 valence electrons. The van der Waals surface area contributed by atoms with Crippen molar-refractivity contribution in [3.8, 4) is 0 Å². The molecule has 3 rings (SSSR count). The van der Waals surface area contributed by atoms with E-state index in [2.05, 4.69) is 10.5 Å². The second kappa shape index (κ2) is 11.4. The second-order valence-electron chi connectivity index (χ2n) is 7.61. The Morgan fingerprint density at radius 2 is 1.59 bits per heavy atom. The molecule has 0 saturated heterocycles. The van der Waals surface area contributed by atoms with Gasteiger partial charge in [0.15, 0.2) is 0 Å². The van der Waals surface area contributed by atoms with Crippen LogP contribution in [0.15, 0.2) is 71.9 Å². The van der Waals surface area contributed by atoms with E-state index >= 15 is 0 Å². The van der Waals surface area contributed by atoms with Crippen LogP contribution in [-0.2, 0) is 11.4 Å². The Morgan fingerprint density at radius 1 is 0.971 bits per heavy atom. The molecule has 0 fully saturated rings. The molecule has 0 radical (unpaired) electrons. The van der Waals surface area contributed by atoms with E-state index < -0.39 is 29.1 Å². The fraction of sp³-hybridized carbons (Fsp3) is 0.160. The first-order valence-corrected chi connectivity index (χ1v) is 10.7. The van der Waals surface area contributed by atoms with E-state index in [1.54, 1.807) is 36.4 Å². The summed E-state index contributed by atoms with van der Waals surface area (Å²) in [5.41, 5.74) is 2.02. The van der Waals surface area contributed by atoms with Crippen molar-refractivity contribution in [1.29, 1.82) is 0 Å². The van der Waals surface area contributed by atoms with Crippen LogP contribution in [0.5, 0.6) is 0 Å². The van der Waals surface area contributed by atoms with Crippen LogP contribution >= 0.6 is 11.6 Å². The normalized spacial score (nSPS) is 11.3. The van der Waals surface area contributed by atoms with Crippen LogP contribution in [0.2, 0.25) is 5.02 Å². The molecule has 0 aliphatic carbocycles. The van der Waals surface area contributed by atoms with E-state index in [0.29, 0.717) is 10.7 Å². The molecule has 0 atom stereocenters. The lowest BCUT2D eigenvalue weighted by molar-refractivity contribution is 0.0959. The molecule has 3 aromatic rings. The van der Waals surface area contributed by atoms with Crippen LogP contribution in [0, 0.1) is 17.6 Å². The smallest absolute Gasteiger partial charge is 0.326 e. The lowest BCUT2D eigenvalue weighted by Gasteiger charge is -2.11. The largest absolute Gasteiger partial charge is 0.391 e. The summed E-state index contributed by atoms with van der Waals surface area (Å²) in [6, 6.07) is 16.0. The monoisotopic (exact) mass is 485 g/mol. The van der Waals surface area contributed by atoms with E-state index in [0.717, 1.165) is 35.0 Å². The maximum Gasteiger partial charge on any atom is 0.326 e. The van der Waals surface area contributed by atoms with Gasteiger partial charge in [-0.1, -0.05) is 60.9 Å². The van der Waals surface area contributed by atoms with Crippen molar-refractivity contribution in [2.45, 2.75) is 20.5 Å². The third-order valence-corrected chi connectivity index (χ3v) is 4.96. The average molecular weight is 486 g/mol. The van der Waals surface area contributed by atoms with Crippen LogP contribution in [0.4, 0.5) is 19.3 Å². The summed E-state index contributed by atoms with van der Waals surface area (Å²) in [5.74, 6) is -3.17. The van der Waals surface area contributed by atoms with Crippen molar-refractivity contribution in [2.75, 3.05) is 5.32 Å². The highest BCUT2D eigenvalue weighted by Crippen LogP contribution is 2.16. The predicted octanol–water partition coefficient (Wildman–Crippen LogP) is 6.16. The lowest BCUT2D eigenvalue weighted by atomic mass is 10.0. The summed E-state index contributed by atoms with van der Waals surface area (Å²) in [4.78, 5) is 29.5. The number of hydrogen-bond acceptors (Lipinski definition) is 4. The molecular formula is C25H22ClF2N3O3. The molecule has 0 aliphatic heterocycles. The van der Waals surface area contributed by atoms with Crippen molar-refractivity contribution in [3.05, 3.63) is 100 Å². The van der Waals surface area contributed by atoms with Crippen LogP contribution in [0.1, 0.15) is 35.3 Å². The summed E-state index contributed by atoms with van der Waals surface area (Å²) in [6.45, 7) is 4.21. The zero-order valence-electron chi connectivity index (χ0n) is 18.4. The van der Waals surface area contributed by atoms with E-state index in [9.17, 15) is 18.4 Å². The highest BCUT2D eigenvalue weighted by molar-refractivity contribution is 6.30. The van der Waals surface area contributed by atoms with Crippen LogP contribution < -0.4 is 10.6 Å². The number of anilines is 1. The highest BCUT2D eigenvalue weighted by atomic mass is 35.5. The van der Waals surface area contributed by atoms with Gasteiger partial charge in [-0.25, -0.2) is 13.6 Å². The number of carbonyl (C=O) groups is 2. The molecule has 3 aromatic carbocycles. The number of hydrogen-bond donors (Lipinski definition) is 2. The minimum absolute atomic E-state index is 0.131. The van der Waals surface area contributed by atoms with Gasteiger partial charge in [0.05, 0.1) is 5.71 Å². The Morgan fingerprint density at radius 3 is 2.18 bits per heavy atom.